The Hall–Kier alpha value is -1.93. The minimum Gasteiger partial charge on any atom is -0.356 e. The van der Waals surface area contributed by atoms with E-state index in [4.69, 9.17) is 0 Å². The molecule has 7 nitrogen and oxygen atoms in total. The van der Waals surface area contributed by atoms with Gasteiger partial charge in [0, 0.05) is 25.9 Å². The van der Waals surface area contributed by atoms with Crippen LogP contribution in [0.3, 0.4) is 0 Å². The number of hydrogen-bond acceptors (Lipinski definition) is 4. The number of rotatable bonds is 8. The van der Waals surface area contributed by atoms with E-state index in [2.05, 4.69) is 39.9 Å². The molecule has 1 heterocycles. The number of sulfonamides is 1. The van der Waals surface area contributed by atoms with E-state index in [1.165, 1.54) is 11.1 Å². The lowest BCUT2D eigenvalue weighted by atomic mass is 10.1. The highest BCUT2D eigenvalue weighted by molar-refractivity contribution is 7.88. The lowest BCUT2D eigenvalue weighted by Crippen LogP contribution is -2.30. The number of aromatic nitrogens is 2. The van der Waals surface area contributed by atoms with Gasteiger partial charge >= 0.3 is 0 Å². The second-order valence-corrected chi connectivity index (χ2v) is 7.79. The van der Waals surface area contributed by atoms with Gasteiger partial charge in [0.05, 0.1) is 17.3 Å². The molecule has 0 fully saturated rings. The minimum atomic E-state index is -3.24. The van der Waals surface area contributed by atoms with E-state index in [9.17, 15) is 13.2 Å². The molecule has 0 unspecified atom stereocenters. The summed E-state index contributed by atoms with van der Waals surface area (Å²) in [5.41, 5.74) is 4.43. The number of fused-ring (bicyclic) bond motifs is 1. The van der Waals surface area contributed by atoms with Crippen molar-refractivity contribution in [1.82, 2.24) is 20.0 Å². The van der Waals surface area contributed by atoms with Gasteiger partial charge in [-0.05, 0) is 37.5 Å². The summed E-state index contributed by atoms with van der Waals surface area (Å²) < 4.78 is 24.1. The molecule has 24 heavy (non-hydrogen) atoms. The molecule has 1 aromatic carbocycles. The Bertz CT molecular complexity index is 827. The predicted molar refractivity (Wildman–Crippen MR) is 94.4 cm³/mol. The maximum Gasteiger partial charge on any atom is 0.221 e. The predicted octanol–water partition coefficient (Wildman–Crippen LogP) is 1.17. The molecule has 2 rings (SSSR count). The number of amides is 1. The van der Waals surface area contributed by atoms with Crippen LogP contribution in [0.15, 0.2) is 12.1 Å². The van der Waals surface area contributed by atoms with Crippen molar-refractivity contribution in [2.75, 3.05) is 19.3 Å². The largest absolute Gasteiger partial charge is 0.356 e. The van der Waals surface area contributed by atoms with Gasteiger partial charge in [0.25, 0.3) is 0 Å². The van der Waals surface area contributed by atoms with Crippen LogP contribution >= 0.6 is 0 Å². The number of benzene rings is 1. The van der Waals surface area contributed by atoms with Crippen LogP contribution in [-0.2, 0) is 21.2 Å². The molecule has 0 saturated carbocycles. The summed E-state index contributed by atoms with van der Waals surface area (Å²) in [6.07, 6.45) is 2.72. The van der Waals surface area contributed by atoms with Gasteiger partial charge in [-0.25, -0.2) is 18.1 Å². The van der Waals surface area contributed by atoms with E-state index >= 15 is 0 Å². The zero-order valence-corrected chi connectivity index (χ0v) is 15.1. The van der Waals surface area contributed by atoms with E-state index in [1.54, 1.807) is 0 Å². The standard InChI is InChI=1S/C16H24N4O3S/c1-11-6-7-13-16(12(11)2)20-14(19-13)5-4-9-17-15(21)8-10-18-24(3,22)23/h6-7,18H,4-5,8-10H2,1-3H3,(H,17,21)(H,19,20). The fourth-order valence-corrected chi connectivity index (χ4v) is 2.88. The summed E-state index contributed by atoms with van der Waals surface area (Å²) in [7, 11) is -3.24. The number of hydrogen-bond donors (Lipinski definition) is 3. The van der Waals surface area contributed by atoms with E-state index in [-0.39, 0.29) is 18.9 Å². The third-order valence-electron chi connectivity index (χ3n) is 3.86. The van der Waals surface area contributed by atoms with Crippen LogP contribution < -0.4 is 10.0 Å². The van der Waals surface area contributed by atoms with Crippen LogP contribution in [0, 0.1) is 13.8 Å². The highest BCUT2D eigenvalue weighted by Gasteiger charge is 2.07. The molecular weight excluding hydrogens is 328 g/mol. The van der Waals surface area contributed by atoms with Crippen molar-refractivity contribution >= 4 is 27.0 Å². The second-order valence-electron chi connectivity index (χ2n) is 5.96. The number of aryl methyl sites for hydroxylation is 3. The Morgan fingerprint density at radius 3 is 2.71 bits per heavy atom. The Labute approximate surface area is 142 Å². The van der Waals surface area contributed by atoms with Crippen LogP contribution in [0.5, 0.6) is 0 Å². The monoisotopic (exact) mass is 352 g/mol. The van der Waals surface area contributed by atoms with Crippen molar-refractivity contribution in [2.24, 2.45) is 0 Å². The summed E-state index contributed by atoms with van der Waals surface area (Å²) in [4.78, 5) is 19.5. The molecule has 0 aliphatic rings. The molecule has 1 amide bonds. The van der Waals surface area contributed by atoms with Gasteiger partial charge in [-0.15, -0.1) is 0 Å². The maximum atomic E-state index is 11.6. The number of nitrogens with one attached hydrogen (secondary N) is 3. The van der Waals surface area contributed by atoms with Gasteiger partial charge in [0.2, 0.25) is 15.9 Å². The molecular formula is C16H24N4O3S. The quantitative estimate of drug-likeness (QED) is 0.620. The first-order chi connectivity index (χ1) is 11.3. The molecule has 2 aromatic rings. The summed E-state index contributed by atoms with van der Waals surface area (Å²) in [6, 6.07) is 4.11. The average Bonchev–Trinajstić information content (AvgIpc) is 2.90. The number of carbonyl (C=O) groups excluding carboxylic acids is 1. The van der Waals surface area contributed by atoms with E-state index in [1.807, 2.05) is 6.07 Å². The maximum absolute atomic E-state index is 11.6. The first kappa shape index (κ1) is 18.4. The van der Waals surface area contributed by atoms with Crippen LogP contribution in [-0.4, -0.2) is 43.6 Å². The average molecular weight is 352 g/mol. The van der Waals surface area contributed by atoms with Gasteiger partial charge in [-0.1, -0.05) is 6.07 Å². The summed E-state index contributed by atoms with van der Waals surface area (Å²) in [5, 5.41) is 2.78. The molecule has 0 bridgehead atoms. The van der Waals surface area contributed by atoms with E-state index in [0.717, 1.165) is 36.0 Å². The Morgan fingerprint density at radius 2 is 2.00 bits per heavy atom. The fraction of sp³-hybridized carbons (Fsp3) is 0.500. The first-order valence-corrected chi connectivity index (χ1v) is 9.81. The van der Waals surface area contributed by atoms with Gasteiger partial charge in [0.1, 0.15) is 5.82 Å². The molecule has 3 N–H and O–H groups in total. The van der Waals surface area contributed by atoms with Gasteiger partial charge in [0.15, 0.2) is 0 Å². The molecule has 0 spiro atoms. The topological polar surface area (TPSA) is 104 Å². The van der Waals surface area contributed by atoms with Crippen molar-refractivity contribution in [3.8, 4) is 0 Å². The van der Waals surface area contributed by atoms with Crippen LogP contribution in [0.1, 0.15) is 29.8 Å². The first-order valence-electron chi connectivity index (χ1n) is 7.92. The summed E-state index contributed by atoms with van der Waals surface area (Å²) >= 11 is 0. The van der Waals surface area contributed by atoms with E-state index in [0.29, 0.717) is 6.54 Å². The number of carbonyl (C=O) groups is 1. The fourth-order valence-electron chi connectivity index (χ4n) is 2.40. The SMILES string of the molecule is Cc1ccc2[nH]c(CCCNC(=O)CCNS(C)(=O)=O)nc2c1C. The highest BCUT2D eigenvalue weighted by Crippen LogP contribution is 2.19. The van der Waals surface area contributed by atoms with Crippen molar-refractivity contribution in [3.05, 3.63) is 29.1 Å². The van der Waals surface area contributed by atoms with Crippen molar-refractivity contribution in [3.63, 3.8) is 0 Å². The van der Waals surface area contributed by atoms with Gasteiger partial charge < -0.3 is 10.3 Å². The molecule has 1 aromatic heterocycles. The highest BCUT2D eigenvalue weighted by atomic mass is 32.2. The molecule has 8 heteroatoms. The molecule has 0 saturated heterocycles. The van der Waals surface area contributed by atoms with Crippen molar-refractivity contribution in [2.45, 2.75) is 33.1 Å². The summed E-state index contributed by atoms with van der Waals surface area (Å²) in [6.45, 7) is 4.78. The molecule has 0 aliphatic heterocycles. The number of H-pyrrole nitrogens is 1. The molecule has 0 aliphatic carbocycles. The van der Waals surface area contributed by atoms with Gasteiger partial charge in [-0.3, -0.25) is 4.79 Å². The van der Waals surface area contributed by atoms with Gasteiger partial charge in [-0.2, -0.15) is 0 Å². The Kier molecular flexibility index (Phi) is 5.95. The zero-order chi connectivity index (χ0) is 17.7. The third-order valence-corrected chi connectivity index (χ3v) is 4.58. The van der Waals surface area contributed by atoms with Crippen LogP contribution in [0.2, 0.25) is 0 Å². The zero-order valence-electron chi connectivity index (χ0n) is 14.3. The number of imidazole rings is 1. The normalized spacial score (nSPS) is 11.8. The van der Waals surface area contributed by atoms with Crippen LogP contribution in [0.25, 0.3) is 11.0 Å². The van der Waals surface area contributed by atoms with Crippen molar-refractivity contribution in [1.29, 1.82) is 0 Å². The Balaban J connectivity index is 1.74. The lowest BCUT2D eigenvalue weighted by Gasteiger charge is -2.05. The number of nitrogens with zero attached hydrogens (tertiary/aromatic N) is 1. The molecule has 132 valence electrons. The smallest absolute Gasteiger partial charge is 0.221 e. The molecule has 0 atom stereocenters. The third kappa shape index (κ3) is 5.31. The second kappa shape index (κ2) is 7.76. The minimum absolute atomic E-state index is 0.118. The lowest BCUT2D eigenvalue weighted by molar-refractivity contribution is -0.120. The van der Waals surface area contributed by atoms with Crippen molar-refractivity contribution < 1.29 is 13.2 Å². The Morgan fingerprint density at radius 1 is 1.25 bits per heavy atom. The number of aromatic amines is 1. The van der Waals surface area contributed by atoms with Crippen LogP contribution in [0.4, 0.5) is 0 Å². The molecule has 0 radical (unpaired) electrons. The van der Waals surface area contributed by atoms with E-state index < -0.39 is 10.0 Å². The summed E-state index contributed by atoms with van der Waals surface area (Å²) in [5.74, 6) is 0.744.